The van der Waals surface area contributed by atoms with Gasteiger partial charge in [0.2, 0.25) is 5.91 Å². The third-order valence-corrected chi connectivity index (χ3v) is 4.79. The van der Waals surface area contributed by atoms with Crippen LogP contribution in [-0.4, -0.2) is 39.7 Å². The molecule has 0 aromatic heterocycles. The van der Waals surface area contributed by atoms with Gasteiger partial charge < -0.3 is 25.4 Å². The first-order valence-corrected chi connectivity index (χ1v) is 9.18. The Morgan fingerprint density at radius 2 is 2.00 bits per heavy atom. The molecule has 3 rings (SSSR count). The number of aliphatic imine (C=N–C) groups is 1. The van der Waals surface area contributed by atoms with Crippen molar-refractivity contribution in [3.05, 3.63) is 53.6 Å². The largest absolute Gasteiger partial charge is 0.497 e. The van der Waals surface area contributed by atoms with E-state index in [-0.39, 0.29) is 11.8 Å². The van der Waals surface area contributed by atoms with Gasteiger partial charge >= 0.3 is 0 Å². The number of anilines is 1. The van der Waals surface area contributed by atoms with Crippen molar-refractivity contribution in [2.75, 3.05) is 33.1 Å². The van der Waals surface area contributed by atoms with Crippen LogP contribution in [0.25, 0.3) is 0 Å². The molecular formula is C21H26N4O3. The molecule has 0 fully saturated rings. The molecule has 1 amide bonds. The number of hydrogen-bond acceptors (Lipinski definition) is 4. The molecule has 1 atom stereocenters. The number of nitrogens with zero attached hydrogens (tertiary/aromatic N) is 1. The highest BCUT2D eigenvalue weighted by Crippen LogP contribution is 2.31. The quantitative estimate of drug-likeness (QED) is 0.528. The summed E-state index contributed by atoms with van der Waals surface area (Å²) in [6.07, 6.45) is 0.452. The Hall–Kier alpha value is -3.22. The summed E-state index contributed by atoms with van der Waals surface area (Å²) >= 11 is 0. The number of carbonyl (C=O) groups is 1. The van der Waals surface area contributed by atoms with E-state index in [0.717, 1.165) is 28.3 Å². The molecule has 1 aliphatic rings. The molecule has 2 aromatic carbocycles. The minimum Gasteiger partial charge on any atom is -0.497 e. The van der Waals surface area contributed by atoms with E-state index < -0.39 is 0 Å². The molecule has 0 aliphatic carbocycles. The standard InChI is InChI=1S/C21H26N4O3/c1-22-21(23-12-14-8-9-16(27-2)11-19(14)28-3)24-13-15-10-20(26)25-18-7-5-4-6-17(15)18/h4-9,11,15H,10,12-13H2,1-3H3,(H,25,26)(H2,22,23,24). The third kappa shape index (κ3) is 4.54. The highest BCUT2D eigenvalue weighted by molar-refractivity contribution is 5.94. The average Bonchev–Trinajstić information content (AvgIpc) is 2.73. The Balaban J connectivity index is 1.61. The van der Waals surface area contributed by atoms with Crippen LogP contribution in [0.2, 0.25) is 0 Å². The molecule has 2 aromatic rings. The molecule has 1 unspecified atom stereocenters. The van der Waals surface area contributed by atoms with Crippen molar-refractivity contribution in [1.82, 2.24) is 10.6 Å². The van der Waals surface area contributed by atoms with Crippen molar-refractivity contribution < 1.29 is 14.3 Å². The summed E-state index contributed by atoms with van der Waals surface area (Å²) in [5.74, 6) is 2.30. The molecule has 0 saturated heterocycles. The Morgan fingerprint density at radius 1 is 1.18 bits per heavy atom. The third-order valence-electron chi connectivity index (χ3n) is 4.79. The van der Waals surface area contributed by atoms with Crippen LogP contribution in [0.3, 0.4) is 0 Å². The van der Waals surface area contributed by atoms with Gasteiger partial charge in [-0.25, -0.2) is 0 Å². The van der Waals surface area contributed by atoms with Crippen LogP contribution in [0.1, 0.15) is 23.5 Å². The van der Waals surface area contributed by atoms with Crippen molar-refractivity contribution in [3.8, 4) is 11.5 Å². The number of amides is 1. The molecule has 3 N–H and O–H groups in total. The topological polar surface area (TPSA) is 84.0 Å². The van der Waals surface area contributed by atoms with Gasteiger partial charge in [0.15, 0.2) is 5.96 Å². The number of rotatable bonds is 6. The molecule has 0 radical (unpaired) electrons. The monoisotopic (exact) mass is 382 g/mol. The average molecular weight is 382 g/mol. The van der Waals surface area contributed by atoms with E-state index in [1.54, 1.807) is 21.3 Å². The zero-order valence-corrected chi connectivity index (χ0v) is 16.4. The lowest BCUT2D eigenvalue weighted by atomic mass is 9.90. The number of guanidine groups is 1. The second-order valence-electron chi connectivity index (χ2n) is 6.52. The van der Waals surface area contributed by atoms with Gasteiger partial charge in [-0.3, -0.25) is 9.79 Å². The summed E-state index contributed by atoms with van der Waals surface area (Å²) < 4.78 is 10.7. The molecule has 7 heteroatoms. The van der Waals surface area contributed by atoms with Gasteiger partial charge in [-0.05, 0) is 23.8 Å². The second kappa shape index (κ2) is 9.12. The second-order valence-corrected chi connectivity index (χ2v) is 6.52. The Labute approximate surface area is 165 Å². The summed E-state index contributed by atoms with van der Waals surface area (Å²) in [5, 5.41) is 9.54. The van der Waals surface area contributed by atoms with Crippen LogP contribution < -0.4 is 25.4 Å². The van der Waals surface area contributed by atoms with Gasteiger partial charge in [0, 0.05) is 49.8 Å². The number of benzene rings is 2. The summed E-state index contributed by atoms with van der Waals surface area (Å²) in [4.78, 5) is 16.3. The SMILES string of the molecule is CN=C(NCc1ccc(OC)cc1OC)NCC1CC(=O)Nc2ccccc21. The van der Waals surface area contributed by atoms with Crippen molar-refractivity contribution in [2.24, 2.45) is 4.99 Å². The lowest BCUT2D eigenvalue weighted by molar-refractivity contribution is -0.116. The van der Waals surface area contributed by atoms with E-state index in [2.05, 4.69) is 27.0 Å². The number of methoxy groups -OCH3 is 2. The van der Waals surface area contributed by atoms with Crippen molar-refractivity contribution in [1.29, 1.82) is 0 Å². The fraction of sp³-hybridized carbons (Fsp3) is 0.333. The predicted molar refractivity (Wildman–Crippen MR) is 110 cm³/mol. The highest BCUT2D eigenvalue weighted by atomic mass is 16.5. The lowest BCUT2D eigenvalue weighted by Gasteiger charge is -2.26. The number of para-hydroxylation sites is 1. The zero-order valence-electron chi connectivity index (χ0n) is 16.4. The van der Waals surface area contributed by atoms with Gasteiger partial charge in [0.25, 0.3) is 0 Å². The van der Waals surface area contributed by atoms with Crippen LogP contribution in [-0.2, 0) is 11.3 Å². The summed E-state index contributed by atoms with van der Waals surface area (Å²) in [5.41, 5.74) is 3.02. The molecule has 0 spiro atoms. The first kappa shape index (κ1) is 19.5. The van der Waals surface area contributed by atoms with Crippen LogP contribution >= 0.6 is 0 Å². The Kier molecular flexibility index (Phi) is 6.37. The van der Waals surface area contributed by atoms with E-state index in [9.17, 15) is 4.79 Å². The molecule has 0 bridgehead atoms. The highest BCUT2D eigenvalue weighted by Gasteiger charge is 2.24. The minimum atomic E-state index is 0.0383. The van der Waals surface area contributed by atoms with E-state index >= 15 is 0 Å². The van der Waals surface area contributed by atoms with Gasteiger partial charge in [0.1, 0.15) is 11.5 Å². The molecule has 148 valence electrons. The van der Waals surface area contributed by atoms with Crippen LogP contribution in [0.15, 0.2) is 47.5 Å². The number of fused-ring (bicyclic) bond motifs is 1. The van der Waals surface area contributed by atoms with E-state index in [4.69, 9.17) is 9.47 Å². The summed E-state index contributed by atoms with van der Waals surface area (Å²) in [6, 6.07) is 13.6. The molecule has 0 saturated carbocycles. The lowest BCUT2D eigenvalue weighted by Crippen LogP contribution is -2.40. The normalized spacial score (nSPS) is 16.0. The fourth-order valence-electron chi connectivity index (χ4n) is 3.30. The number of nitrogens with one attached hydrogen (secondary N) is 3. The maximum Gasteiger partial charge on any atom is 0.225 e. The van der Waals surface area contributed by atoms with Crippen molar-refractivity contribution in [2.45, 2.75) is 18.9 Å². The first-order chi connectivity index (χ1) is 13.6. The summed E-state index contributed by atoms with van der Waals surface area (Å²) in [6.45, 7) is 1.17. The van der Waals surface area contributed by atoms with Crippen LogP contribution in [0.4, 0.5) is 5.69 Å². The maximum atomic E-state index is 12.0. The van der Waals surface area contributed by atoms with Crippen LogP contribution in [0.5, 0.6) is 11.5 Å². The van der Waals surface area contributed by atoms with Gasteiger partial charge in [-0.2, -0.15) is 0 Å². The zero-order chi connectivity index (χ0) is 19.9. The first-order valence-electron chi connectivity index (χ1n) is 9.18. The number of ether oxygens (including phenoxy) is 2. The van der Waals surface area contributed by atoms with E-state index in [1.165, 1.54) is 0 Å². The number of hydrogen-bond donors (Lipinski definition) is 3. The fourth-order valence-corrected chi connectivity index (χ4v) is 3.30. The van der Waals surface area contributed by atoms with E-state index in [1.807, 2.05) is 36.4 Å². The Morgan fingerprint density at radius 3 is 2.75 bits per heavy atom. The smallest absolute Gasteiger partial charge is 0.225 e. The Bertz CT molecular complexity index is 866. The van der Waals surface area contributed by atoms with Gasteiger partial charge in [0.05, 0.1) is 14.2 Å². The number of carbonyl (C=O) groups excluding carboxylic acids is 1. The minimum absolute atomic E-state index is 0.0383. The van der Waals surface area contributed by atoms with Gasteiger partial charge in [-0.1, -0.05) is 18.2 Å². The molecule has 28 heavy (non-hydrogen) atoms. The van der Waals surface area contributed by atoms with Crippen LogP contribution in [0, 0.1) is 0 Å². The van der Waals surface area contributed by atoms with Gasteiger partial charge in [-0.15, -0.1) is 0 Å². The van der Waals surface area contributed by atoms with E-state index in [0.29, 0.717) is 25.5 Å². The molecular weight excluding hydrogens is 356 g/mol. The van der Waals surface area contributed by atoms with Crippen molar-refractivity contribution in [3.63, 3.8) is 0 Å². The summed E-state index contributed by atoms with van der Waals surface area (Å²) in [7, 11) is 4.99. The molecule has 1 aliphatic heterocycles. The molecule has 1 heterocycles. The van der Waals surface area contributed by atoms with Crippen molar-refractivity contribution >= 4 is 17.6 Å². The maximum absolute atomic E-state index is 12.0. The predicted octanol–water partition coefficient (Wildman–Crippen LogP) is 2.49. The molecule has 7 nitrogen and oxygen atoms in total.